The molecular weight excluding hydrogens is 362 g/mol. The molecule has 0 atom stereocenters. The van der Waals surface area contributed by atoms with Crippen LogP contribution in [0.3, 0.4) is 0 Å². The molecule has 1 saturated heterocycles. The molecule has 0 unspecified atom stereocenters. The summed E-state index contributed by atoms with van der Waals surface area (Å²) in [5.41, 5.74) is 1.90. The monoisotopic (exact) mass is 389 g/mol. The summed E-state index contributed by atoms with van der Waals surface area (Å²) < 4.78 is 0. The summed E-state index contributed by atoms with van der Waals surface area (Å²) in [6.45, 7) is 3.40. The minimum Gasteiger partial charge on any atom is -0.367 e. The van der Waals surface area contributed by atoms with Crippen LogP contribution in [0.15, 0.2) is 42.5 Å². The van der Waals surface area contributed by atoms with Crippen molar-refractivity contribution in [3.05, 3.63) is 42.5 Å². The third-order valence-corrected chi connectivity index (χ3v) is 4.73. The molecule has 2 aromatic rings. The number of nitrogens with one attached hydrogen (secondary N) is 3. The van der Waals surface area contributed by atoms with Gasteiger partial charge in [-0.1, -0.05) is 30.3 Å². The van der Waals surface area contributed by atoms with Crippen molar-refractivity contribution in [2.45, 2.75) is 25.7 Å². The Morgan fingerprint density at radius 1 is 1.04 bits per heavy atom. The van der Waals surface area contributed by atoms with Crippen molar-refractivity contribution in [3.63, 3.8) is 0 Å². The summed E-state index contributed by atoms with van der Waals surface area (Å²) in [6, 6.07) is 13.8. The average Bonchev–Trinajstić information content (AvgIpc) is 2.71. The predicted molar refractivity (Wildman–Crippen MR) is 111 cm³/mol. The summed E-state index contributed by atoms with van der Waals surface area (Å²) >= 11 is 0. The minimum absolute atomic E-state index is 0. The van der Waals surface area contributed by atoms with Gasteiger partial charge in [0.15, 0.2) is 0 Å². The molecule has 2 heterocycles. The van der Waals surface area contributed by atoms with Gasteiger partial charge in [-0.05, 0) is 50.4 Å². The van der Waals surface area contributed by atoms with Gasteiger partial charge in [0.2, 0.25) is 5.91 Å². The highest BCUT2D eigenvalue weighted by atomic mass is 35.5. The first kappa shape index (κ1) is 21.1. The Balaban J connectivity index is 0.00000261. The smallest absolute Gasteiger partial charge is 0.220 e. The van der Waals surface area contributed by atoms with E-state index < -0.39 is 0 Å². The SMILES string of the molecule is Cl.O=C(CCC1CCNCC1)NCCNc1ccc(-c2ccccc2)nn1. The van der Waals surface area contributed by atoms with E-state index in [4.69, 9.17) is 0 Å². The molecule has 6 nitrogen and oxygen atoms in total. The van der Waals surface area contributed by atoms with E-state index in [2.05, 4.69) is 26.1 Å². The maximum Gasteiger partial charge on any atom is 0.220 e. The minimum atomic E-state index is 0. The van der Waals surface area contributed by atoms with E-state index in [1.54, 1.807) is 0 Å². The number of piperidine rings is 1. The van der Waals surface area contributed by atoms with Crippen LogP contribution in [0.4, 0.5) is 5.82 Å². The van der Waals surface area contributed by atoms with Crippen molar-refractivity contribution in [3.8, 4) is 11.3 Å². The lowest BCUT2D eigenvalue weighted by atomic mass is 9.93. The first-order valence-electron chi connectivity index (χ1n) is 9.42. The van der Waals surface area contributed by atoms with Crippen molar-refractivity contribution in [2.75, 3.05) is 31.5 Å². The Morgan fingerprint density at radius 2 is 1.81 bits per heavy atom. The molecule has 0 spiro atoms. The van der Waals surface area contributed by atoms with E-state index in [9.17, 15) is 4.79 Å². The molecule has 0 radical (unpaired) electrons. The van der Waals surface area contributed by atoms with Gasteiger partial charge in [0.25, 0.3) is 0 Å². The number of anilines is 1. The first-order chi connectivity index (χ1) is 12.8. The molecule has 1 aliphatic rings. The molecule has 3 N–H and O–H groups in total. The Morgan fingerprint density at radius 3 is 2.52 bits per heavy atom. The summed E-state index contributed by atoms with van der Waals surface area (Å²) in [4.78, 5) is 11.9. The number of halogens is 1. The molecule has 1 aliphatic heterocycles. The lowest BCUT2D eigenvalue weighted by molar-refractivity contribution is -0.121. The molecule has 0 bridgehead atoms. The largest absolute Gasteiger partial charge is 0.367 e. The van der Waals surface area contributed by atoms with Gasteiger partial charge in [-0.3, -0.25) is 4.79 Å². The van der Waals surface area contributed by atoms with Gasteiger partial charge in [0, 0.05) is 25.1 Å². The average molecular weight is 390 g/mol. The number of amides is 1. The quantitative estimate of drug-likeness (QED) is 0.605. The number of rotatable bonds is 8. The van der Waals surface area contributed by atoms with Crippen LogP contribution >= 0.6 is 12.4 Å². The molecule has 3 rings (SSSR count). The van der Waals surface area contributed by atoms with Crippen molar-refractivity contribution >= 4 is 24.1 Å². The maximum atomic E-state index is 11.9. The summed E-state index contributed by atoms with van der Waals surface area (Å²) in [5, 5.41) is 17.9. The van der Waals surface area contributed by atoms with E-state index >= 15 is 0 Å². The number of carbonyl (C=O) groups excluding carboxylic acids is 1. The zero-order valence-corrected chi connectivity index (χ0v) is 16.3. The molecule has 1 aromatic carbocycles. The topological polar surface area (TPSA) is 78.9 Å². The molecule has 0 saturated carbocycles. The van der Waals surface area contributed by atoms with E-state index in [1.807, 2.05) is 42.5 Å². The Labute approximate surface area is 167 Å². The van der Waals surface area contributed by atoms with Crippen LogP contribution in [0.25, 0.3) is 11.3 Å². The standard InChI is InChI=1S/C20H27N5O.ClH/c26-20(9-6-16-10-12-21-13-11-16)23-15-14-22-19-8-7-18(24-25-19)17-4-2-1-3-5-17;/h1-5,7-8,16,21H,6,9-15H2,(H,22,25)(H,23,26);1H. The van der Waals surface area contributed by atoms with Gasteiger partial charge in [-0.2, -0.15) is 0 Å². The van der Waals surface area contributed by atoms with Crippen LogP contribution in [0.1, 0.15) is 25.7 Å². The van der Waals surface area contributed by atoms with Crippen molar-refractivity contribution in [1.82, 2.24) is 20.8 Å². The number of carbonyl (C=O) groups is 1. The van der Waals surface area contributed by atoms with E-state index in [0.717, 1.165) is 30.8 Å². The van der Waals surface area contributed by atoms with Crippen molar-refractivity contribution in [1.29, 1.82) is 0 Å². The highest BCUT2D eigenvalue weighted by Crippen LogP contribution is 2.17. The van der Waals surface area contributed by atoms with Gasteiger partial charge >= 0.3 is 0 Å². The zero-order valence-electron chi connectivity index (χ0n) is 15.5. The fourth-order valence-corrected chi connectivity index (χ4v) is 3.18. The van der Waals surface area contributed by atoms with E-state index in [1.165, 1.54) is 12.8 Å². The molecule has 27 heavy (non-hydrogen) atoms. The molecule has 1 fully saturated rings. The number of aromatic nitrogens is 2. The number of hydrogen-bond donors (Lipinski definition) is 3. The third kappa shape index (κ3) is 7.15. The van der Waals surface area contributed by atoms with E-state index in [-0.39, 0.29) is 18.3 Å². The summed E-state index contributed by atoms with van der Waals surface area (Å²) in [7, 11) is 0. The molecule has 7 heteroatoms. The van der Waals surface area contributed by atoms with Crippen LogP contribution in [0.5, 0.6) is 0 Å². The van der Waals surface area contributed by atoms with Gasteiger partial charge < -0.3 is 16.0 Å². The fourth-order valence-electron chi connectivity index (χ4n) is 3.18. The van der Waals surface area contributed by atoms with Crippen molar-refractivity contribution in [2.24, 2.45) is 5.92 Å². The maximum absolute atomic E-state index is 11.9. The fraction of sp³-hybridized carbons (Fsp3) is 0.450. The Bertz CT molecular complexity index is 675. The normalized spacial score (nSPS) is 14.2. The second-order valence-electron chi connectivity index (χ2n) is 6.68. The number of hydrogen-bond acceptors (Lipinski definition) is 5. The highest BCUT2D eigenvalue weighted by molar-refractivity contribution is 5.85. The lowest BCUT2D eigenvalue weighted by Crippen LogP contribution is -2.31. The molecule has 1 aromatic heterocycles. The molecule has 0 aliphatic carbocycles. The van der Waals surface area contributed by atoms with Gasteiger partial charge in [0.05, 0.1) is 5.69 Å². The van der Waals surface area contributed by atoms with Gasteiger partial charge in [0.1, 0.15) is 5.82 Å². The third-order valence-electron chi connectivity index (χ3n) is 4.73. The van der Waals surface area contributed by atoms with Crippen LogP contribution in [0, 0.1) is 5.92 Å². The number of nitrogens with zero attached hydrogens (tertiary/aromatic N) is 2. The Hall–Kier alpha value is -2.18. The summed E-state index contributed by atoms with van der Waals surface area (Å²) in [6.07, 6.45) is 3.99. The predicted octanol–water partition coefficient (Wildman–Crippen LogP) is 2.87. The van der Waals surface area contributed by atoms with Crippen LogP contribution in [-0.2, 0) is 4.79 Å². The molecule has 1 amide bonds. The Kier molecular flexibility index (Phi) is 9.01. The molecular formula is C20H28ClN5O. The van der Waals surface area contributed by atoms with Gasteiger partial charge in [-0.15, -0.1) is 22.6 Å². The van der Waals surface area contributed by atoms with Crippen molar-refractivity contribution < 1.29 is 4.79 Å². The van der Waals surface area contributed by atoms with Crippen LogP contribution in [-0.4, -0.2) is 42.3 Å². The highest BCUT2D eigenvalue weighted by Gasteiger charge is 2.14. The van der Waals surface area contributed by atoms with Crippen LogP contribution < -0.4 is 16.0 Å². The second-order valence-corrected chi connectivity index (χ2v) is 6.68. The lowest BCUT2D eigenvalue weighted by Gasteiger charge is -2.22. The van der Waals surface area contributed by atoms with Gasteiger partial charge in [-0.25, -0.2) is 0 Å². The zero-order chi connectivity index (χ0) is 18.0. The first-order valence-corrected chi connectivity index (χ1v) is 9.42. The summed E-state index contributed by atoms with van der Waals surface area (Å²) in [5.74, 6) is 1.54. The molecule has 146 valence electrons. The second kappa shape index (κ2) is 11.5. The number of benzene rings is 1. The van der Waals surface area contributed by atoms with Crippen LogP contribution in [0.2, 0.25) is 0 Å². The van der Waals surface area contributed by atoms with E-state index in [0.29, 0.717) is 31.2 Å².